The van der Waals surface area contributed by atoms with E-state index in [4.69, 9.17) is 4.74 Å². The maximum atomic E-state index is 13.9. The van der Waals surface area contributed by atoms with Crippen molar-refractivity contribution in [3.05, 3.63) is 65.4 Å². The molecule has 2 atom stereocenters. The molecule has 0 spiro atoms. The van der Waals surface area contributed by atoms with Crippen molar-refractivity contribution in [1.29, 1.82) is 0 Å². The normalized spacial score (nSPS) is 21.2. The number of imide groups is 1. The number of aliphatic hydroxyl groups excluding tert-OH is 1. The van der Waals surface area contributed by atoms with Crippen LogP contribution in [0.15, 0.2) is 48.5 Å². The molecule has 0 saturated carbocycles. The van der Waals surface area contributed by atoms with Crippen molar-refractivity contribution < 1.29 is 19.4 Å². The number of rotatable bonds is 10. The molecule has 2 aliphatic rings. The van der Waals surface area contributed by atoms with Crippen molar-refractivity contribution in [3.63, 3.8) is 0 Å². The first-order valence-corrected chi connectivity index (χ1v) is 13.2. The van der Waals surface area contributed by atoms with Gasteiger partial charge in [0.15, 0.2) is 0 Å². The largest absolute Gasteiger partial charge is 0.494 e. The molecule has 2 N–H and O–H groups in total. The standard InChI is InChI=1S/C29H36N4O4/c1-4-31(15-16-34)13-14-32-27(35)29(3)19-23-22-18-21(37-5-2)11-12-24(22)30-26(23)25(33(29)28(32)36)17-20-9-7-6-8-10-20/h6-12,18,25,30,34H,4-5,13-17,19H2,1-3H3/t25?,29-/m0/s1. The second-order valence-corrected chi connectivity index (χ2v) is 10.1. The molecular formula is C29H36N4O4. The molecule has 1 saturated heterocycles. The fourth-order valence-electron chi connectivity index (χ4n) is 5.95. The van der Waals surface area contributed by atoms with Gasteiger partial charge in [-0.1, -0.05) is 37.3 Å². The van der Waals surface area contributed by atoms with Gasteiger partial charge in [0.25, 0.3) is 5.91 Å². The highest BCUT2D eigenvalue weighted by atomic mass is 16.5. The molecule has 0 aliphatic carbocycles. The lowest BCUT2D eigenvalue weighted by Gasteiger charge is -2.42. The predicted molar refractivity (Wildman–Crippen MR) is 143 cm³/mol. The molecule has 5 rings (SSSR count). The molecule has 0 bridgehead atoms. The van der Waals surface area contributed by atoms with Gasteiger partial charge in [-0.3, -0.25) is 14.6 Å². The number of aromatic nitrogens is 1. The quantitative estimate of drug-likeness (QED) is 0.411. The van der Waals surface area contributed by atoms with Crippen LogP contribution in [0.5, 0.6) is 5.75 Å². The summed E-state index contributed by atoms with van der Waals surface area (Å²) in [7, 11) is 0. The van der Waals surface area contributed by atoms with Gasteiger partial charge in [0.05, 0.1) is 19.3 Å². The van der Waals surface area contributed by atoms with E-state index < -0.39 is 5.54 Å². The highest BCUT2D eigenvalue weighted by molar-refractivity contribution is 6.08. The molecule has 196 valence electrons. The van der Waals surface area contributed by atoms with Gasteiger partial charge < -0.3 is 19.7 Å². The number of carbonyl (C=O) groups is 2. The number of likely N-dealkylation sites (N-methyl/N-ethyl adjacent to an activating group) is 1. The van der Waals surface area contributed by atoms with Gasteiger partial charge in [0.2, 0.25) is 0 Å². The Hall–Kier alpha value is -3.36. The zero-order chi connectivity index (χ0) is 26.2. The fraction of sp³-hybridized carbons (Fsp3) is 0.448. The topological polar surface area (TPSA) is 89.1 Å². The number of carbonyl (C=O) groups excluding carboxylic acids is 2. The smallest absolute Gasteiger partial charge is 0.328 e. The Kier molecular flexibility index (Phi) is 6.96. The average molecular weight is 505 g/mol. The number of fused-ring (bicyclic) bond motifs is 4. The van der Waals surface area contributed by atoms with E-state index in [9.17, 15) is 14.7 Å². The van der Waals surface area contributed by atoms with Crippen LogP contribution in [0.4, 0.5) is 4.79 Å². The minimum Gasteiger partial charge on any atom is -0.494 e. The molecule has 8 nitrogen and oxygen atoms in total. The summed E-state index contributed by atoms with van der Waals surface area (Å²) < 4.78 is 5.77. The van der Waals surface area contributed by atoms with Gasteiger partial charge >= 0.3 is 6.03 Å². The Morgan fingerprint density at radius 2 is 1.92 bits per heavy atom. The number of nitrogens with zero attached hydrogens (tertiary/aromatic N) is 3. The number of benzene rings is 2. The van der Waals surface area contributed by atoms with Crippen molar-refractivity contribution in [2.75, 3.05) is 39.4 Å². The third-order valence-corrected chi connectivity index (χ3v) is 7.84. The minimum atomic E-state index is -0.978. The average Bonchev–Trinajstić information content (AvgIpc) is 3.34. The number of hydrogen-bond acceptors (Lipinski definition) is 5. The van der Waals surface area contributed by atoms with E-state index in [2.05, 4.69) is 17.1 Å². The highest BCUT2D eigenvalue weighted by Crippen LogP contribution is 2.47. The van der Waals surface area contributed by atoms with Crippen molar-refractivity contribution in [2.24, 2.45) is 0 Å². The van der Waals surface area contributed by atoms with E-state index in [-0.39, 0.29) is 24.6 Å². The third kappa shape index (κ3) is 4.38. The van der Waals surface area contributed by atoms with E-state index in [0.29, 0.717) is 39.1 Å². The van der Waals surface area contributed by atoms with E-state index in [1.807, 2.05) is 67.0 Å². The monoisotopic (exact) mass is 504 g/mol. The Morgan fingerprint density at radius 1 is 1.14 bits per heavy atom. The van der Waals surface area contributed by atoms with Crippen LogP contribution >= 0.6 is 0 Å². The van der Waals surface area contributed by atoms with Crippen molar-refractivity contribution in [3.8, 4) is 5.75 Å². The van der Waals surface area contributed by atoms with Crippen LogP contribution in [0.25, 0.3) is 10.9 Å². The summed E-state index contributed by atoms with van der Waals surface area (Å²) in [5.41, 5.74) is 3.18. The van der Waals surface area contributed by atoms with Crippen LogP contribution in [0.1, 0.15) is 43.6 Å². The first-order valence-electron chi connectivity index (χ1n) is 13.2. The molecule has 3 heterocycles. The van der Waals surface area contributed by atoms with Gasteiger partial charge in [-0.05, 0) is 56.1 Å². The Balaban J connectivity index is 1.56. The fourth-order valence-corrected chi connectivity index (χ4v) is 5.95. The number of ether oxygens (including phenoxy) is 1. The number of urea groups is 1. The van der Waals surface area contributed by atoms with Crippen LogP contribution in [0, 0.1) is 0 Å². The van der Waals surface area contributed by atoms with Crippen LogP contribution in [0.3, 0.4) is 0 Å². The summed E-state index contributed by atoms with van der Waals surface area (Å²) >= 11 is 0. The SMILES string of the molecule is CCOc1ccc2[nH]c3c(c2c1)C[C@@]1(C)C(=O)N(CCN(CC)CCO)C(=O)N1C3Cc1ccccc1. The lowest BCUT2D eigenvalue weighted by molar-refractivity contribution is -0.133. The predicted octanol–water partition coefficient (Wildman–Crippen LogP) is 3.74. The van der Waals surface area contributed by atoms with Gasteiger partial charge in [-0.15, -0.1) is 0 Å². The summed E-state index contributed by atoms with van der Waals surface area (Å²) in [4.78, 5) is 36.7. The van der Waals surface area contributed by atoms with Crippen molar-refractivity contribution in [1.82, 2.24) is 19.7 Å². The van der Waals surface area contributed by atoms with Gasteiger partial charge in [0.1, 0.15) is 11.3 Å². The van der Waals surface area contributed by atoms with E-state index in [0.717, 1.165) is 40.0 Å². The molecule has 3 amide bonds. The molecule has 2 aromatic carbocycles. The molecular weight excluding hydrogens is 468 g/mol. The molecule has 0 radical (unpaired) electrons. The van der Waals surface area contributed by atoms with Crippen LogP contribution in [0.2, 0.25) is 0 Å². The summed E-state index contributed by atoms with van der Waals surface area (Å²) in [6.45, 7) is 8.60. The minimum absolute atomic E-state index is 0.0458. The number of aliphatic hydroxyl groups is 1. The molecule has 3 aromatic rings. The molecule has 2 aliphatic heterocycles. The maximum Gasteiger partial charge on any atom is 0.328 e. The Bertz CT molecular complexity index is 1290. The zero-order valence-corrected chi connectivity index (χ0v) is 21.9. The molecule has 37 heavy (non-hydrogen) atoms. The molecule has 1 fully saturated rings. The van der Waals surface area contributed by atoms with E-state index in [1.165, 1.54) is 4.90 Å². The van der Waals surface area contributed by atoms with Gasteiger partial charge in [-0.25, -0.2) is 4.79 Å². The van der Waals surface area contributed by atoms with E-state index in [1.54, 1.807) is 0 Å². The van der Waals surface area contributed by atoms with Gasteiger partial charge in [-0.2, -0.15) is 0 Å². The second kappa shape index (κ2) is 10.2. The molecule has 1 aromatic heterocycles. The summed E-state index contributed by atoms with van der Waals surface area (Å²) in [5.74, 6) is 0.638. The number of aromatic amines is 1. The number of amides is 3. The number of H-pyrrole nitrogens is 1. The van der Waals surface area contributed by atoms with Gasteiger partial charge in [0, 0.05) is 42.7 Å². The first kappa shape index (κ1) is 25.3. The number of nitrogens with one attached hydrogen (secondary N) is 1. The second-order valence-electron chi connectivity index (χ2n) is 10.1. The first-order chi connectivity index (χ1) is 17.9. The summed E-state index contributed by atoms with van der Waals surface area (Å²) in [6, 6.07) is 15.6. The van der Waals surface area contributed by atoms with Crippen LogP contribution < -0.4 is 4.74 Å². The molecule has 1 unspecified atom stereocenters. The zero-order valence-electron chi connectivity index (χ0n) is 21.9. The number of hydrogen-bond donors (Lipinski definition) is 2. The van der Waals surface area contributed by atoms with Crippen LogP contribution in [-0.2, 0) is 17.6 Å². The van der Waals surface area contributed by atoms with Crippen molar-refractivity contribution in [2.45, 2.75) is 45.2 Å². The lowest BCUT2D eigenvalue weighted by atomic mass is 9.81. The third-order valence-electron chi connectivity index (χ3n) is 7.84. The maximum absolute atomic E-state index is 13.9. The Labute approximate surface area is 217 Å². The van der Waals surface area contributed by atoms with Crippen LogP contribution in [-0.4, -0.2) is 81.7 Å². The molecule has 8 heteroatoms. The highest BCUT2D eigenvalue weighted by Gasteiger charge is 2.59. The Morgan fingerprint density at radius 3 is 2.62 bits per heavy atom. The van der Waals surface area contributed by atoms with Crippen molar-refractivity contribution >= 4 is 22.8 Å². The summed E-state index contributed by atoms with van der Waals surface area (Å²) in [5, 5.41) is 10.4. The lowest BCUT2D eigenvalue weighted by Crippen LogP contribution is -2.53. The van der Waals surface area contributed by atoms with E-state index >= 15 is 0 Å². The summed E-state index contributed by atoms with van der Waals surface area (Å²) in [6.07, 6.45) is 1.05.